The Bertz CT molecular complexity index is 1290. The number of nitrogens with one attached hydrogen (secondary N) is 4. The third-order valence-corrected chi connectivity index (χ3v) is 5.15. The summed E-state index contributed by atoms with van der Waals surface area (Å²) in [4.78, 5) is 47.0. The quantitative estimate of drug-likeness (QED) is 0.229. The highest BCUT2D eigenvalue weighted by Crippen LogP contribution is 2.20. The van der Waals surface area contributed by atoms with Crippen molar-refractivity contribution in [2.45, 2.75) is 13.3 Å². The molecule has 198 valence electrons. The van der Waals surface area contributed by atoms with Crippen LogP contribution in [-0.2, 0) is 4.79 Å². The van der Waals surface area contributed by atoms with Crippen molar-refractivity contribution in [1.82, 2.24) is 14.9 Å². The zero-order chi connectivity index (χ0) is 27.5. The maximum Gasteiger partial charge on any atom is 0.260 e. The number of nitrogens with two attached hydrogens (primary N) is 1. The number of aromatic nitrogens is 2. The highest BCUT2D eigenvalue weighted by molar-refractivity contribution is 6.07. The molecule has 3 aromatic rings. The lowest BCUT2D eigenvalue weighted by molar-refractivity contribution is -0.111. The number of primary amides is 1. The van der Waals surface area contributed by atoms with Gasteiger partial charge in [-0.2, -0.15) is 4.98 Å². The van der Waals surface area contributed by atoms with E-state index in [1.54, 1.807) is 54.6 Å². The molecule has 0 spiro atoms. The summed E-state index contributed by atoms with van der Waals surface area (Å²) in [6.45, 7) is 3.28. The molecule has 38 heavy (non-hydrogen) atoms. The number of hydrogen-bond acceptors (Lipinski definition) is 8. The molecule has 0 radical (unpaired) electrons. The van der Waals surface area contributed by atoms with E-state index in [9.17, 15) is 14.4 Å². The highest BCUT2D eigenvalue weighted by Gasteiger charge is 2.15. The molecule has 11 heteroatoms. The fourth-order valence-electron chi connectivity index (χ4n) is 3.22. The molecule has 6 N–H and O–H groups in total. The van der Waals surface area contributed by atoms with Gasteiger partial charge in [0.15, 0.2) is 0 Å². The van der Waals surface area contributed by atoms with Gasteiger partial charge in [0.25, 0.3) is 5.91 Å². The van der Waals surface area contributed by atoms with E-state index in [0.717, 1.165) is 6.42 Å². The van der Waals surface area contributed by atoms with Crippen LogP contribution in [0.15, 0.2) is 66.9 Å². The molecule has 0 bridgehead atoms. The number of rotatable bonds is 12. The zero-order valence-corrected chi connectivity index (χ0v) is 21.6. The van der Waals surface area contributed by atoms with E-state index in [0.29, 0.717) is 41.5 Å². The molecule has 2 aromatic carbocycles. The van der Waals surface area contributed by atoms with Crippen LogP contribution in [0.4, 0.5) is 28.8 Å². The van der Waals surface area contributed by atoms with E-state index < -0.39 is 5.91 Å². The lowest BCUT2D eigenvalue weighted by Crippen LogP contribution is -2.17. The van der Waals surface area contributed by atoms with Gasteiger partial charge in [-0.25, -0.2) is 4.98 Å². The summed E-state index contributed by atoms with van der Waals surface area (Å²) in [7, 11) is 3.84. The van der Waals surface area contributed by atoms with Crippen molar-refractivity contribution in [3.63, 3.8) is 0 Å². The number of likely N-dealkylation sites (N-methyl/N-ethyl adjacent to an activating group) is 1. The molecule has 0 saturated carbocycles. The summed E-state index contributed by atoms with van der Waals surface area (Å²) in [6.07, 6.45) is 5.53. The van der Waals surface area contributed by atoms with Crippen molar-refractivity contribution in [1.29, 1.82) is 0 Å². The fraction of sp³-hybridized carbons (Fsp3) is 0.222. The smallest absolute Gasteiger partial charge is 0.260 e. The van der Waals surface area contributed by atoms with Gasteiger partial charge in [-0.3, -0.25) is 14.4 Å². The topological polar surface area (TPSA) is 154 Å². The number of carbonyl (C=O) groups excluding carboxylic acids is 3. The van der Waals surface area contributed by atoms with Crippen LogP contribution < -0.4 is 27.0 Å². The molecule has 3 rings (SSSR count). The first kappa shape index (κ1) is 27.8. The Morgan fingerprint density at radius 1 is 0.947 bits per heavy atom. The summed E-state index contributed by atoms with van der Waals surface area (Å²) in [5, 5.41) is 11.8. The minimum Gasteiger partial charge on any atom is -0.369 e. The van der Waals surface area contributed by atoms with E-state index in [-0.39, 0.29) is 23.3 Å². The van der Waals surface area contributed by atoms with Crippen LogP contribution in [0, 0.1) is 0 Å². The first-order valence-electron chi connectivity index (χ1n) is 12.1. The van der Waals surface area contributed by atoms with Crippen molar-refractivity contribution < 1.29 is 14.4 Å². The number of carbonyl (C=O) groups is 3. The van der Waals surface area contributed by atoms with Gasteiger partial charge in [-0.1, -0.05) is 13.0 Å². The molecule has 1 heterocycles. The van der Waals surface area contributed by atoms with E-state index in [4.69, 9.17) is 5.73 Å². The van der Waals surface area contributed by atoms with Crippen LogP contribution in [0.25, 0.3) is 0 Å². The molecule has 0 saturated heterocycles. The summed E-state index contributed by atoms with van der Waals surface area (Å²) in [6, 6.07) is 13.4. The molecule has 11 nitrogen and oxygen atoms in total. The van der Waals surface area contributed by atoms with Crippen LogP contribution in [0.3, 0.4) is 0 Å². The fourth-order valence-corrected chi connectivity index (χ4v) is 3.22. The third kappa shape index (κ3) is 8.42. The van der Waals surface area contributed by atoms with Crippen LogP contribution in [-0.4, -0.2) is 59.8 Å². The lowest BCUT2D eigenvalue weighted by Gasteiger charge is -2.13. The number of benzene rings is 2. The second-order valence-corrected chi connectivity index (χ2v) is 8.63. The van der Waals surface area contributed by atoms with E-state index >= 15 is 0 Å². The number of hydrogen-bond donors (Lipinski definition) is 5. The SMILES string of the molecule is CCCNc1nc(Nc2ccc(C(N)=O)cc2)ncc1C(=O)Nc1ccc(NC(=O)/C=C/CN(C)C)cc1. The lowest BCUT2D eigenvalue weighted by atomic mass is 10.2. The van der Waals surface area contributed by atoms with Gasteiger partial charge in [-0.05, 0) is 69.0 Å². The van der Waals surface area contributed by atoms with Gasteiger partial charge in [0.1, 0.15) is 11.4 Å². The second-order valence-electron chi connectivity index (χ2n) is 8.63. The first-order valence-corrected chi connectivity index (χ1v) is 12.1. The number of anilines is 5. The Morgan fingerprint density at radius 2 is 1.58 bits per heavy atom. The molecule has 0 aliphatic rings. The minimum absolute atomic E-state index is 0.232. The molecular formula is C27H32N8O3. The molecule has 0 aliphatic heterocycles. The Hall–Kier alpha value is -4.77. The van der Waals surface area contributed by atoms with Crippen molar-refractivity contribution in [2.24, 2.45) is 5.73 Å². The van der Waals surface area contributed by atoms with Crippen LogP contribution in [0.1, 0.15) is 34.1 Å². The van der Waals surface area contributed by atoms with Crippen molar-refractivity contribution in [3.05, 3.63) is 78.0 Å². The summed E-state index contributed by atoms with van der Waals surface area (Å²) < 4.78 is 0. The third-order valence-electron chi connectivity index (χ3n) is 5.15. The maximum atomic E-state index is 13.0. The molecule has 3 amide bonds. The zero-order valence-electron chi connectivity index (χ0n) is 21.6. The Morgan fingerprint density at radius 3 is 2.18 bits per heavy atom. The summed E-state index contributed by atoms with van der Waals surface area (Å²) >= 11 is 0. The summed E-state index contributed by atoms with van der Waals surface area (Å²) in [5.41, 5.74) is 7.77. The highest BCUT2D eigenvalue weighted by atomic mass is 16.2. The first-order chi connectivity index (χ1) is 18.2. The predicted molar refractivity (Wildman–Crippen MR) is 150 cm³/mol. The predicted octanol–water partition coefficient (Wildman–Crippen LogP) is 3.45. The summed E-state index contributed by atoms with van der Waals surface area (Å²) in [5.74, 6) is -0.466. The molecule has 1 aromatic heterocycles. The Kier molecular flexibility index (Phi) is 9.89. The molecule has 0 unspecified atom stereocenters. The monoisotopic (exact) mass is 516 g/mol. The molecule has 0 fully saturated rings. The van der Waals surface area contributed by atoms with E-state index in [1.807, 2.05) is 25.9 Å². The van der Waals surface area contributed by atoms with Gasteiger partial charge in [0, 0.05) is 48.0 Å². The van der Waals surface area contributed by atoms with Crippen LogP contribution in [0.5, 0.6) is 0 Å². The van der Waals surface area contributed by atoms with Gasteiger partial charge in [0.2, 0.25) is 17.8 Å². The second kappa shape index (κ2) is 13.5. The Labute approximate surface area is 221 Å². The standard InChI is InChI=1S/C27H32N8O3/c1-4-15-29-25-22(17-30-27(34-25)33-21-9-7-18(8-10-21)24(28)37)26(38)32-20-13-11-19(12-14-20)31-23(36)6-5-16-35(2)3/h5-14,17H,4,15-16H2,1-3H3,(H2,28,37)(H,31,36)(H,32,38)(H2,29,30,33,34)/b6-5+. The van der Waals surface area contributed by atoms with E-state index in [1.165, 1.54) is 12.3 Å². The van der Waals surface area contributed by atoms with Crippen molar-refractivity contribution >= 4 is 46.5 Å². The normalized spacial score (nSPS) is 10.8. The van der Waals surface area contributed by atoms with E-state index in [2.05, 4.69) is 31.2 Å². The van der Waals surface area contributed by atoms with Gasteiger partial charge in [0.05, 0.1) is 0 Å². The Balaban J connectivity index is 1.68. The van der Waals surface area contributed by atoms with Crippen molar-refractivity contribution in [3.8, 4) is 0 Å². The van der Waals surface area contributed by atoms with Gasteiger partial charge >= 0.3 is 0 Å². The molecule has 0 aliphatic carbocycles. The van der Waals surface area contributed by atoms with Crippen LogP contribution in [0.2, 0.25) is 0 Å². The van der Waals surface area contributed by atoms with Gasteiger partial charge in [-0.15, -0.1) is 0 Å². The molecular weight excluding hydrogens is 484 g/mol. The number of nitrogens with zero attached hydrogens (tertiary/aromatic N) is 3. The largest absolute Gasteiger partial charge is 0.369 e. The maximum absolute atomic E-state index is 13.0. The minimum atomic E-state index is -0.513. The van der Waals surface area contributed by atoms with Gasteiger partial charge < -0.3 is 31.9 Å². The van der Waals surface area contributed by atoms with Crippen LogP contribution >= 0.6 is 0 Å². The average Bonchev–Trinajstić information content (AvgIpc) is 2.88. The molecule has 0 atom stereocenters. The average molecular weight is 517 g/mol. The van der Waals surface area contributed by atoms with Crippen molar-refractivity contribution in [2.75, 3.05) is 48.5 Å². The number of amides is 3.